The number of anilines is 2. The highest BCUT2D eigenvalue weighted by Gasteiger charge is 2.14. The van der Waals surface area contributed by atoms with Gasteiger partial charge in [0.25, 0.3) is 0 Å². The van der Waals surface area contributed by atoms with Gasteiger partial charge in [0.05, 0.1) is 0 Å². The van der Waals surface area contributed by atoms with Gasteiger partial charge < -0.3 is 16.0 Å². The summed E-state index contributed by atoms with van der Waals surface area (Å²) in [5.41, 5.74) is 5.53. The van der Waals surface area contributed by atoms with Gasteiger partial charge in [-0.15, -0.1) is 0 Å². The van der Waals surface area contributed by atoms with Gasteiger partial charge in [-0.1, -0.05) is 0 Å². The molecule has 0 spiro atoms. The van der Waals surface area contributed by atoms with Gasteiger partial charge in [-0.3, -0.25) is 0 Å². The summed E-state index contributed by atoms with van der Waals surface area (Å²) in [6, 6.07) is 2.23. The van der Waals surface area contributed by atoms with Crippen LogP contribution in [0.15, 0.2) is 12.3 Å². The third-order valence-electron chi connectivity index (χ3n) is 2.80. The zero-order valence-corrected chi connectivity index (χ0v) is 9.69. The third-order valence-corrected chi connectivity index (χ3v) is 2.80. The molecular weight excluding hydrogens is 202 g/mol. The van der Waals surface area contributed by atoms with Gasteiger partial charge in [0.1, 0.15) is 5.82 Å². The van der Waals surface area contributed by atoms with Gasteiger partial charge in [-0.2, -0.15) is 4.98 Å². The Balaban J connectivity index is 1.84. The van der Waals surface area contributed by atoms with Crippen molar-refractivity contribution in [2.75, 3.05) is 30.7 Å². The van der Waals surface area contributed by atoms with Gasteiger partial charge in [-0.25, -0.2) is 4.98 Å². The Labute approximate surface area is 96.1 Å². The molecule has 1 aromatic rings. The van der Waals surface area contributed by atoms with Gasteiger partial charge >= 0.3 is 0 Å². The Morgan fingerprint density at radius 2 is 2.25 bits per heavy atom. The SMILES string of the molecule is CC(CN1CCCC1)Nc1ccnc(N)n1. The fourth-order valence-corrected chi connectivity index (χ4v) is 2.10. The van der Waals surface area contributed by atoms with Crippen LogP contribution in [0.25, 0.3) is 0 Å². The molecule has 0 amide bonds. The second kappa shape index (κ2) is 5.12. The second-order valence-electron chi connectivity index (χ2n) is 4.35. The maximum absolute atomic E-state index is 5.53. The minimum atomic E-state index is 0.318. The lowest BCUT2D eigenvalue weighted by atomic mass is 10.3. The van der Waals surface area contributed by atoms with E-state index in [0.717, 1.165) is 12.4 Å². The van der Waals surface area contributed by atoms with Crippen LogP contribution < -0.4 is 11.1 Å². The van der Waals surface area contributed by atoms with Crippen molar-refractivity contribution >= 4 is 11.8 Å². The summed E-state index contributed by atoms with van der Waals surface area (Å²) in [6.07, 6.45) is 4.33. The number of hydrogen-bond donors (Lipinski definition) is 2. The molecule has 2 heterocycles. The predicted molar refractivity (Wildman–Crippen MR) is 65.2 cm³/mol. The monoisotopic (exact) mass is 221 g/mol. The second-order valence-corrected chi connectivity index (χ2v) is 4.35. The lowest BCUT2D eigenvalue weighted by molar-refractivity contribution is 0.327. The first-order valence-corrected chi connectivity index (χ1v) is 5.81. The van der Waals surface area contributed by atoms with E-state index in [1.807, 2.05) is 6.07 Å². The number of nitrogens with two attached hydrogens (primary N) is 1. The molecular formula is C11H19N5. The number of nitrogens with one attached hydrogen (secondary N) is 1. The van der Waals surface area contributed by atoms with Crippen LogP contribution in [-0.2, 0) is 0 Å². The highest BCUT2D eigenvalue weighted by atomic mass is 15.2. The molecule has 1 aromatic heterocycles. The Bertz CT molecular complexity index is 335. The molecule has 1 atom stereocenters. The molecule has 88 valence electrons. The minimum absolute atomic E-state index is 0.318. The zero-order valence-electron chi connectivity index (χ0n) is 9.69. The topological polar surface area (TPSA) is 67.1 Å². The van der Waals surface area contributed by atoms with Crippen molar-refractivity contribution in [1.82, 2.24) is 14.9 Å². The van der Waals surface area contributed by atoms with Crippen LogP contribution in [0, 0.1) is 0 Å². The molecule has 16 heavy (non-hydrogen) atoms. The number of nitrogens with zero attached hydrogens (tertiary/aromatic N) is 3. The molecule has 0 aliphatic carbocycles. The van der Waals surface area contributed by atoms with Gasteiger partial charge in [0.2, 0.25) is 5.95 Å². The van der Waals surface area contributed by atoms with Gasteiger partial charge in [-0.05, 0) is 38.9 Å². The average molecular weight is 221 g/mol. The van der Waals surface area contributed by atoms with Crippen LogP contribution in [0.5, 0.6) is 0 Å². The van der Waals surface area contributed by atoms with Crippen LogP contribution in [-0.4, -0.2) is 40.5 Å². The minimum Gasteiger partial charge on any atom is -0.368 e. The van der Waals surface area contributed by atoms with E-state index in [1.165, 1.54) is 25.9 Å². The summed E-state index contributed by atoms with van der Waals surface area (Å²) in [5.74, 6) is 1.12. The van der Waals surface area contributed by atoms with Crippen LogP contribution in [0.2, 0.25) is 0 Å². The number of aromatic nitrogens is 2. The summed E-state index contributed by atoms with van der Waals surface area (Å²) in [4.78, 5) is 10.5. The van der Waals surface area contributed by atoms with Gasteiger partial charge in [0, 0.05) is 18.8 Å². The van der Waals surface area contributed by atoms with Crippen molar-refractivity contribution in [2.45, 2.75) is 25.8 Å². The summed E-state index contributed by atoms with van der Waals surface area (Å²) < 4.78 is 0. The molecule has 1 aliphatic heterocycles. The Morgan fingerprint density at radius 3 is 2.94 bits per heavy atom. The zero-order chi connectivity index (χ0) is 11.4. The lowest BCUT2D eigenvalue weighted by Gasteiger charge is -2.21. The first-order chi connectivity index (χ1) is 7.74. The van der Waals surface area contributed by atoms with E-state index in [1.54, 1.807) is 6.20 Å². The number of hydrogen-bond acceptors (Lipinski definition) is 5. The molecule has 5 nitrogen and oxygen atoms in total. The maximum atomic E-state index is 5.53. The summed E-state index contributed by atoms with van der Waals surface area (Å²) in [7, 11) is 0. The Hall–Kier alpha value is -1.36. The first kappa shape index (κ1) is 11.1. The fraction of sp³-hybridized carbons (Fsp3) is 0.636. The van der Waals surface area contributed by atoms with E-state index in [9.17, 15) is 0 Å². The van der Waals surface area contributed by atoms with Crippen molar-refractivity contribution in [3.05, 3.63) is 12.3 Å². The van der Waals surface area contributed by atoms with Crippen molar-refractivity contribution in [2.24, 2.45) is 0 Å². The molecule has 1 fully saturated rings. The average Bonchev–Trinajstić information content (AvgIpc) is 2.70. The highest BCUT2D eigenvalue weighted by Crippen LogP contribution is 2.10. The summed E-state index contributed by atoms with van der Waals surface area (Å²) in [6.45, 7) is 5.66. The van der Waals surface area contributed by atoms with Crippen molar-refractivity contribution in [3.8, 4) is 0 Å². The Kier molecular flexibility index (Phi) is 3.56. The quantitative estimate of drug-likeness (QED) is 0.792. The summed E-state index contributed by atoms with van der Waals surface area (Å²) in [5, 5.41) is 3.34. The summed E-state index contributed by atoms with van der Waals surface area (Å²) >= 11 is 0. The normalized spacial score (nSPS) is 18.6. The maximum Gasteiger partial charge on any atom is 0.221 e. The Morgan fingerprint density at radius 1 is 1.50 bits per heavy atom. The van der Waals surface area contributed by atoms with Crippen LogP contribution >= 0.6 is 0 Å². The van der Waals surface area contributed by atoms with Crippen LogP contribution in [0.4, 0.5) is 11.8 Å². The van der Waals surface area contributed by atoms with E-state index >= 15 is 0 Å². The van der Waals surface area contributed by atoms with Gasteiger partial charge in [0.15, 0.2) is 0 Å². The number of likely N-dealkylation sites (tertiary alicyclic amines) is 1. The first-order valence-electron chi connectivity index (χ1n) is 5.81. The van der Waals surface area contributed by atoms with E-state index in [2.05, 4.69) is 27.1 Å². The molecule has 0 saturated carbocycles. The van der Waals surface area contributed by atoms with Crippen molar-refractivity contribution < 1.29 is 0 Å². The van der Waals surface area contributed by atoms with E-state index in [0.29, 0.717) is 12.0 Å². The third kappa shape index (κ3) is 3.06. The largest absolute Gasteiger partial charge is 0.368 e. The fourth-order valence-electron chi connectivity index (χ4n) is 2.10. The van der Waals surface area contributed by atoms with Crippen molar-refractivity contribution in [1.29, 1.82) is 0 Å². The van der Waals surface area contributed by atoms with E-state index in [4.69, 9.17) is 5.73 Å². The molecule has 0 radical (unpaired) electrons. The van der Waals surface area contributed by atoms with Crippen molar-refractivity contribution in [3.63, 3.8) is 0 Å². The molecule has 5 heteroatoms. The predicted octanol–water partition coefficient (Wildman–Crippen LogP) is 0.955. The van der Waals surface area contributed by atoms with E-state index < -0.39 is 0 Å². The standard InChI is InChI=1S/C11H19N5/c1-9(8-16-6-2-3-7-16)14-10-4-5-13-11(12)15-10/h4-5,9H,2-3,6-8H2,1H3,(H3,12,13,14,15). The molecule has 0 bridgehead atoms. The molecule has 0 aromatic carbocycles. The highest BCUT2D eigenvalue weighted by molar-refractivity contribution is 5.38. The van der Waals surface area contributed by atoms with Crippen LogP contribution in [0.1, 0.15) is 19.8 Å². The van der Waals surface area contributed by atoms with Crippen LogP contribution in [0.3, 0.4) is 0 Å². The molecule has 1 aliphatic rings. The molecule has 2 rings (SSSR count). The lowest BCUT2D eigenvalue weighted by Crippen LogP contribution is -2.33. The number of rotatable bonds is 4. The number of nitrogen functional groups attached to an aromatic ring is 1. The smallest absolute Gasteiger partial charge is 0.221 e. The molecule has 3 N–H and O–H groups in total. The van der Waals surface area contributed by atoms with E-state index in [-0.39, 0.29) is 0 Å². The molecule has 1 unspecified atom stereocenters. The molecule has 1 saturated heterocycles.